The molecule has 0 spiro atoms. The maximum atomic E-state index is 4.94. The molecule has 0 saturated heterocycles. The molecule has 3 N–H and O–H groups in total. The van der Waals surface area contributed by atoms with E-state index in [1.54, 1.807) is 0 Å². The second-order valence-corrected chi connectivity index (χ2v) is 3.87. The molecular formula is C9H11ClN4OS. The number of benzene rings is 1. The average Bonchev–Trinajstić information content (AvgIpc) is 2.68. The van der Waals surface area contributed by atoms with Crippen molar-refractivity contribution in [2.75, 3.05) is 5.32 Å². The van der Waals surface area contributed by atoms with Crippen LogP contribution in [0.2, 0.25) is 0 Å². The first-order valence-electron chi connectivity index (χ1n) is 4.34. The Balaban J connectivity index is 0.00000128. The van der Waals surface area contributed by atoms with E-state index in [4.69, 9.17) is 5.90 Å². The predicted molar refractivity (Wildman–Crippen MR) is 65.9 cm³/mol. The number of para-hydroxylation sites is 1. The van der Waals surface area contributed by atoms with Gasteiger partial charge in [-0.15, -0.1) is 22.6 Å². The summed E-state index contributed by atoms with van der Waals surface area (Å²) in [6, 6.07) is 9.78. The maximum absolute atomic E-state index is 4.94. The number of rotatable bonds is 4. The second kappa shape index (κ2) is 6.39. The van der Waals surface area contributed by atoms with Gasteiger partial charge in [-0.3, -0.25) is 4.84 Å². The minimum Gasteiger partial charge on any atom is -0.330 e. The Morgan fingerprint density at radius 1 is 1.25 bits per heavy atom. The Hall–Kier alpha value is -1.21. The molecule has 0 atom stereocenters. The van der Waals surface area contributed by atoms with Gasteiger partial charge in [0.25, 0.3) is 0 Å². The van der Waals surface area contributed by atoms with E-state index >= 15 is 0 Å². The summed E-state index contributed by atoms with van der Waals surface area (Å²) in [5.41, 5.74) is 0.980. The predicted octanol–water partition coefficient (Wildman–Crippen LogP) is 2.09. The van der Waals surface area contributed by atoms with Crippen LogP contribution in [0, 0.1) is 0 Å². The summed E-state index contributed by atoms with van der Waals surface area (Å²) in [4.78, 5) is 4.47. The minimum atomic E-state index is 0. The fraction of sp³-hybridized carbons (Fsp3) is 0.111. The highest BCUT2D eigenvalue weighted by atomic mass is 35.5. The van der Waals surface area contributed by atoms with Gasteiger partial charge in [0.1, 0.15) is 11.6 Å². The van der Waals surface area contributed by atoms with Gasteiger partial charge in [-0.2, -0.15) is 0 Å². The van der Waals surface area contributed by atoms with E-state index in [0.29, 0.717) is 0 Å². The summed E-state index contributed by atoms with van der Waals surface area (Å²) in [6.07, 6.45) is 0. The van der Waals surface area contributed by atoms with Crippen LogP contribution in [0.1, 0.15) is 5.01 Å². The van der Waals surface area contributed by atoms with Gasteiger partial charge < -0.3 is 5.32 Å². The van der Waals surface area contributed by atoms with Crippen LogP contribution in [0.5, 0.6) is 0 Å². The topological polar surface area (TPSA) is 73.1 Å². The van der Waals surface area contributed by atoms with Crippen LogP contribution in [0.3, 0.4) is 0 Å². The molecule has 0 unspecified atom stereocenters. The largest absolute Gasteiger partial charge is 0.330 e. The number of aromatic nitrogens is 2. The van der Waals surface area contributed by atoms with Gasteiger partial charge in [0, 0.05) is 5.69 Å². The van der Waals surface area contributed by atoms with E-state index in [0.717, 1.165) is 15.8 Å². The van der Waals surface area contributed by atoms with Crippen LogP contribution in [-0.2, 0) is 11.4 Å². The average molecular weight is 259 g/mol. The molecule has 2 aromatic rings. The first kappa shape index (κ1) is 12.9. The van der Waals surface area contributed by atoms with Gasteiger partial charge in [-0.1, -0.05) is 29.5 Å². The van der Waals surface area contributed by atoms with Gasteiger partial charge >= 0.3 is 0 Å². The van der Waals surface area contributed by atoms with Crippen molar-refractivity contribution in [2.45, 2.75) is 6.61 Å². The third kappa shape index (κ3) is 3.42. The van der Waals surface area contributed by atoms with E-state index in [-0.39, 0.29) is 19.0 Å². The summed E-state index contributed by atoms with van der Waals surface area (Å²) < 4.78 is 0. The number of halogens is 1. The van der Waals surface area contributed by atoms with E-state index in [1.165, 1.54) is 11.3 Å². The van der Waals surface area contributed by atoms with Crippen LogP contribution in [-0.4, -0.2) is 10.2 Å². The summed E-state index contributed by atoms with van der Waals surface area (Å²) in [7, 11) is 0. The van der Waals surface area contributed by atoms with Gasteiger partial charge in [-0.25, -0.2) is 5.90 Å². The number of hydrogen-bond donors (Lipinski definition) is 2. The Kier molecular flexibility index (Phi) is 5.13. The highest BCUT2D eigenvalue weighted by Gasteiger charge is 2.03. The molecule has 1 heterocycles. The monoisotopic (exact) mass is 258 g/mol. The van der Waals surface area contributed by atoms with Crippen LogP contribution in [0.25, 0.3) is 0 Å². The molecular weight excluding hydrogens is 248 g/mol. The molecule has 0 aliphatic rings. The summed E-state index contributed by atoms with van der Waals surface area (Å²) >= 11 is 1.41. The van der Waals surface area contributed by atoms with E-state index in [1.807, 2.05) is 30.3 Å². The van der Waals surface area contributed by atoms with E-state index < -0.39 is 0 Å². The molecule has 2 rings (SSSR count). The molecule has 0 fully saturated rings. The standard InChI is InChI=1S/C9H10N4OS.ClH/c10-14-6-8-12-13-9(15-8)11-7-4-2-1-3-5-7;/h1-5H,6,10H2,(H,11,13);1H. The Morgan fingerprint density at radius 2 is 2.00 bits per heavy atom. The molecule has 5 nitrogen and oxygen atoms in total. The third-order valence-corrected chi connectivity index (χ3v) is 2.51. The van der Waals surface area contributed by atoms with Gasteiger partial charge in [0.05, 0.1) is 0 Å². The molecule has 1 aromatic carbocycles. The molecule has 0 bridgehead atoms. The molecule has 7 heteroatoms. The smallest absolute Gasteiger partial charge is 0.210 e. The zero-order valence-electron chi connectivity index (χ0n) is 8.29. The SMILES string of the molecule is Cl.NOCc1nnc(Nc2ccccc2)s1. The number of hydrogen-bond acceptors (Lipinski definition) is 6. The quantitative estimate of drug-likeness (QED) is 0.822. The van der Waals surface area contributed by atoms with Crippen LogP contribution < -0.4 is 11.2 Å². The molecule has 86 valence electrons. The molecule has 0 amide bonds. The lowest BCUT2D eigenvalue weighted by Crippen LogP contribution is -1.97. The Bertz CT molecular complexity index is 422. The van der Waals surface area contributed by atoms with Crippen molar-refractivity contribution in [1.29, 1.82) is 0 Å². The van der Waals surface area contributed by atoms with Gasteiger partial charge in [0.15, 0.2) is 0 Å². The highest BCUT2D eigenvalue weighted by Crippen LogP contribution is 2.20. The van der Waals surface area contributed by atoms with Crippen molar-refractivity contribution in [3.8, 4) is 0 Å². The minimum absolute atomic E-state index is 0. The van der Waals surface area contributed by atoms with Crippen molar-refractivity contribution >= 4 is 34.6 Å². The molecule has 0 radical (unpaired) electrons. The fourth-order valence-corrected chi connectivity index (χ4v) is 1.76. The second-order valence-electron chi connectivity index (χ2n) is 2.80. The van der Waals surface area contributed by atoms with Crippen molar-refractivity contribution in [1.82, 2.24) is 10.2 Å². The zero-order chi connectivity index (χ0) is 10.5. The Labute approximate surface area is 103 Å². The molecule has 0 aliphatic carbocycles. The highest BCUT2D eigenvalue weighted by molar-refractivity contribution is 7.15. The summed E-state index contributed by atoms with van der Waals surface area (Å²) in [5.74, 6) is 4.94. The number of nitrogens with zero attached hydrogens (tertiary/aromatic N) is 2. The van der Waals surface area contributed by atoms with Crippen molar-refractivity contribution in [3.63, 3.8) is 0 Å². The third-order valence-electron chi connectivity index (χ3n) is 1.70. The van der Waals surface area contributed by atoms with Crippen molar-refractivity contribution in [3.05, 3.63) is 35.3 Å². The fourth-order valence-electron chi connectivity index (χ4n) is 1.08. The first-order chi connectivity index (χ1) is 7.38. The van der Waals surface area contributed by atoms with Crippen LogP contribution >= 0.6 is 23.7 Å². The first-order valence-corrected chi connectivity index (χ1v) is 5.16. The zero-order valence-corrected chi connectivity index (χ0v) is 9.92. The molecule has 16 heavy (non-hydrogen) atoms. The van der Waals surface area contributed by atoms with Crippen molar-refractivity contribution in [2.24, 2.45) is 5.90 Å². The molecule has 1 aromatic heterocycles. The molecule has 0 aliphatic heterocycles. The summed E-state index contributed by atoms with van der Waals surface area (Å²) in [5, 5.41) is 12.5. The number of nitrogens with two attached hydrogens (primary N) is 1. The Morgan fingerprint density at radius 3 is 2.69 bits per heavy atom. The van der Waals surface area contributed by atoms with Crippen LogP contribution in [0.4, 0.5) is 10.8 Å². The number of anilines is 2. The van der Waals surface area contributed by atoms with Gasteiger partial charge in [-0.05, 0) is 12.1 Å². The van der Waals surface area contributed by atoms with Gasteiger partial charge in [0.2, 0.25) is 5.13 Å². The number of nitrogens with one attached hydrogen (secondary N) is 1. The van der Waals surface area contributed by atoms with Crippen LogP contribution in [0.15, 0.2) is 30.3 Å². The lowest BCUT2D eigenvalue weighted by atomic mass is 10.3. The molecule has 0 saturated carbocycles. The van der Waals surface area contributed by atoms with E-state index in [2.05, 4.69) is 20.4 Å². The lowest BCUT2D eigenvalue weighted by Gasteiger charge is -1.99. The van der Waals surface area contributed by atoms with E-state index in [9.17, 15) is 0 Å². The summed E-state index contributed by atoms with van der Waals surface area (Å²) in [6.45, 7) is 0.286. The van der Waals surface area contributed by atoms with Crippen molar-refractivity contribution < 1.29 is 4.84 Å². The lowest BCUT2D eigenvalue weighted by molar-refractivity contribution is 0.123. The normalized spacial score (nSPS) is 9.56. The maximum Gasteiger partial charge on any atom is 0.210 e.